The van der Waals surface area contributed by atoms with Gasteiger partial charge in [-0.1, -0.05) is 0 Å². The van der Waals surface area contributed by atoms with E-state index in [-0.39, 0.29) is 12.5 Å². The zero-order valence-corrected chi connectivity index (χ0v) is 10.7. The van der Waals surface area contributed by atoms with E-state index < -0.39 is 11.5 Å². The molecule has 1 saturated heterocycles. The second-order valence-corrected chi connectivity index (χ2v) is 5.13. The summed E-state index contributed by atoms with van der Waals surface area (Å²) in [7, 11) is 0. The third-order valence-electron chi connectivity index (χ3n) is 2.95. The van der Waals surface area contributed by atoms with Crippen LogP contribution in [0.15, 0.2) is 24.3 Å². The monoisotopic (exact) mass is 263 g/mol. The Morgan fingerprint density at radius 2 is 1.95 bits per heavy atom. The summed E-state index contributed by atoms with van der Waals surface area (Å²) in [5, 5.41) is 12.3. The average Bonchev–Trinajstić information content (AvgIpc) is 2.27. The number of rotatable bonds is 4. The lowest BCUT2D eigenvalue weighted by Gasteiger charge is -2.43. The molecule has 1 fully saturated rings. The van der Waals surface area contributed by atoms with Gasteiger partial charge in [-0.05, 0) is 31.2 Å². The second kappa shape index (κ2) is 4.99. The third-order valence-corrected chi connectivity index (χ3v) is 2.95. The fourth-order valence-corrected chi connectivity index (χ4v) is 2.15. The van der Waals surface area contributed by atoms with Crippen molar-refractivity contribution >= 4 is 17.5 Å². The molecule has 0 bridgehead atoms. The molecule has 0 unspecified atom stereocenters. The molecule has 1 heterocycles. The van der Waals surface area contributed by atoms with Crippen LogP contribution in [0.25, 0.3) is 0 Å². The molecule has 4 N–H and O–H groups in total. The van der Waals surface area contributed by atoms with Crippen molar-refractivity contribution in [2.45, 2.75) is 12.5 Å². The standard InChI is InChI=1S/C13H17N3O3/c1-13(19)7-16(8-13)6-11(17)15-10-4-2-9(3-5-10)12(14)18/h2-5,19H,6-8H2,1H3,(H2,14,18)(H,15,17). The van der Waals surface area contributed by atoms with Gasteiger partial charge in [0.25, 0.3) is 0 Å². The molecule has 0 aromatic heterocycles. The number of hydrogen-bond acceptors (Lipinski definition) is 4. The van der Waals surface area contributed by atoms with E-state index in [1.54, 1.807) is 31.2 Å². The minimum atomic E-state index is -0.677. The fourth-order valence-electron chi connectivity index (χ4n) is 2.15. The molecule has 1 aliphatic rings. The van der Waals surface area contributed by atoms with Crippen molar-refractivity contribution in [3.8, 4) is 0 Å². The summed E-state index contributed by atoms with van der Waals surface area (Å²) < 4.78 is 0. The van der Waals surface area contributed by atoms with Crippen LogP contribution in [0.2, 0.25) is 0 Å². The Balaban J connectivity index is 1.84. The van der Waals surface area contributed by atoms with Crippen molar-refractivity contribution in [1.29, 1.82) is 0 Å². The van der Waals surface area contributed by atoms with Crippen LogP contribution < -0.4 is 11.1 Å². The molecule has 0 saturated carbocycles. The summed E-state index contributed by atoms with van der Waals surface area (Å²) in [4.78, 5) is 24.5. The van der Waals surface area contributed by atoms with Gasteiger partial charge in [0.2, 0.25) is 11.8 Å². The van der Waals surface area contributed by atoms with Gasteiger partial charge in [-0.2, -0.15) is 0 Å². The maximum atomic E-state index is 11.7. The number of amides is 2. The molecular formula is C13H17N3O3. The summed E-state index contributed by atoms with van der Waals surface area (Å²) in [5.74, 6) is -0.650. The topological polar surface area (TPSA) is 95.7 Å². The van der Waals surface area contributed by atoms with E-state index in [0.717, 1.165) is 0 Å². The Labute approximate surface area is 111 Å². The highest BCUT2D eigenvalue weighted by molar-refractivity contribution is 5.95. The molecule has 19 heavy (non-hydrogen) atoms. The number of hydrogen-bond donors (Lipinski definition) is 3. The van der Waals surface area contributed by atoms with Gasteiger partial charge in [0.05, 0.1) is 12.1 Å². The molecule has 6 nitrogen and oxygen atoms in total. The molecule has 1 aromatic carbocycles. The number of benzene rings is 1. The summed E-state index contributed by atoms with van der Waals surface area (Å²) in [6.07, 6.45) is 0. The van der Waals surface area contributed by atoms with Crippen LogP contribution in [-0.2, 0) is 4.79 Å². The molecule has 2 rings (SSSR count). The van der Waals surface area contributed by atoms with E-state index in [9.17, 15) is 14.7 Å². The van der Waals surface area contributed by atoms with E-state index in [1.807, 2.05) is 4.90 Å². The van der Waals surface area contributed by atoms with Gasteiger partial charge in [0.1, 0.15) is 0 Å². The van der Waals surface area contributed by atoms with Gasteiger partial charge in [0, 0.05) is 24.3 Å². The molecule has 0 radical (unpaired) electrons. The predicted molar refractivity (Wildman–Crippen MR) is 70.7 cm³/mol. The maximum absolute atomic E-state index is 11.7. The highest BCUT2D eigenvalue weighted by Gasteiger charge is 2.37. The number of primary amides is 1. The summed E-state index contributed by atoms with van der Waals surface area (Å²) in [5.41, 5.74) is 5.46. The smallest absolute Gasteiger partial charge is 0.248 e. The van der Waals surface area contributed by atoms with Crippen molar-refractivity contribution in [2.75, 3.05) is 25.0 Å². The lowest BCUT2D eigenvalue weighted by Crippen LogP contribution is -2.61. The number of nitrogens with zero attached hydrogens (tertiary/aromatic N) is 1. The minimum Gasteiger partial charge on any atom is -0.388 e. The van der Waals surface area contributed by atoms with E-state index >= 15 is 0 Å². The van der Waals surface area contributed by atoms with Crippen LogP contribution in [0.3, 0.4) is 0 Å². The first kappa shape index (κ1) is 13.5. The average molecular weight is 263 g/mol. The Kier molecular flexibility index (Phi) is 3.55. The number of anilines is 1. The number of aliphatic hydroxyl groups is 1. The third kappa shape index (κ3) is 3.52. The van der Waals surface area contributed by atoms with E-state index in [2.05, 4.69) is 5.32 Å². The fraction of sp³-hybridized carbons (Fsp3) is 0.385. The number of carbonyl (C=O) groups excluding carboxylic acids is 2. The molecular weight excluding hydrogens is 246 g/mol. The Hall–Kier alpha value is -1.92. The number of likely N-dealkylation sites (tertiary alicyclic amines) is 1. The van der Waals surface area contributed by atoms with Crippen LogP contribution in [-0.4, -0.2) is 47.1 Å². The number of nitrogens with two attached hydrogens (primary N) is 1. The zero-order valence-electron chi connectivity index (χ0n) is 10.7. The van der Waals surface area contributed by atoms with Crippen molar-refractivity contribution in [1.82, 2.24) is 4.90 Å². The molecule has 102 valence electrons. The highest BCUT2D eigenvalue weighted by Crippen LogP contribution is 2.19. The van der Waals surface area contributed by atoms with Crippen molar-refractivity contribution in [3.63, 3.8) is 0 Å². The summed E-state index contributed by atoms with van der Waals surface area (Å²) in [6.45, 7) is 2.99. The predicted octanol–water partition coefficient (Wildman–Crippen LogP) is -0.209. The van der Waals surface area contributed by atoms with Gasteiger partial charge in [-0.3, -0.25) is 14.5 Å². The molecule has 1 aliphatic heterocycles. The second-order valence-electron chi connectivity index (χ2n) is 5.13. The lowest BCUT2D eigenvalue weighted by molar-refractivity contribution is -0.125. The van der Waals surface area contributed by atoms with Gasteiger partial charge >= 0.3 is 0 Å². The minimum absolute atomic E-state index is 0.151. The number of β-amino-alcohol motifs (C(OH)–C–C–N with tert-alkyl or cyclic N) is 1. The van der Waals surface area contributed by atoms with Crippen LogP contribution in [0, 0.1) is 0 Å². The number of nitrogens with one attached hydrogen (secondary N) is 1. The Morgan fingerprint density at radius 1 is 1.37 bits per heavy atom. The molecule has 6 heteroatoms. The van der Waals surface area contributed by atoms with Crippen LogP contribution in [0.4, 0.5) is 5.69 Å². The van der Waals surface area contributed by atoms with Crippen molar-refractivity contribution in [2.24, 2.45) is 5.73 Å². The van der Waals surface area contributed by atoms with Crippen LogP contribution in [0.1, 0.15) is 17.3 Å². The largest absolute Gasteiger partial charge is 0.388 e. The molecule has 2 amide bonds. The Bertz CT molecular complexity index is 488. The van der Waals surface area contributed by atoms with E-state index in [1.165, 1.54) is 0 Å². The SMILES string of the molecule is CC1(O)CN(CC(=O)Nc2ccc(C(N)=O)cc2)C1. The molecule has 1 aromatic rings. The highest BCUT2D eigenvalue weighted by atomic mass is 16.3. The maximum Gasteiger partial charge on any atom is 0.248 e. The first-order chi connectivity index (χ1) is 8.85. The quantitative estimate of drug-likeness (QED) is 0.700. The zero-order chi connectivity index (χ0) is 14.0. The van der Waals surface area contributed by atoms with Gasteiger partial charge in [-0.15, -0.1) is 0 Å². The van der Waals surface area contributed by atoms with Gasteiger partial charge < -0.3 is 16.2 Å². The van der Waals surface area contributed by atoms with Crippen LogP contribution >= 0.6 is 0 Å². The van der Waals surface area contributed by atoms with E-state index in [4.69, 9.17) is 5.73 Å². The van der Waals surface area contributed by atoms with Crippen molar-refractivity contribution in [3.05, 3.63) is 29.8 Å². The normalized spacial score (nSPS) is 17.6. The molecule has 0 aliphatic carbocycles. The molecule has 0 spiro atoms. The van der Waals surface area contributed by atoms with Gasteiger partial charge in [0.15, 0.2) is 0 Å². The van der Waals surface area contributed by atoms with E-state index in [0.29, 0.717) is 24.3 Å². The van der Waals surface area contributed by atoms with Gasteiger partial charge in [-0.25, -0.2) is 0 Å². The number of carbonyl (C=O) groups is 2. The first-order valence-electron chi connectivity index (χ1n) is 6.00. The summed E-state index contributed by atoms with van der Waals surface area (Å²) in [6, 6.07) is 6.38. The van der Waals surface area contributed by atoms with Crippen molar-refractivity contribution < 1.29 is 14.7 Å². The molecule has 0 atom stereocenters. The Morgan fingerprint density at radius 3 is 2.42 bits per heavy atom. The van der Waals surface area contributed by atoms with Crippen LogP contribution in [0.5, 0.6) is 0 Å². The summed E-state index contributed by atoms with van der Waals surface area (Å²) >= 11 is 0. The first-order valence-corrected chi connectivity index (χ1v) is 6.00. The lowest BCUT2D eigenvalue weighted by atomic mass is 9.97.